The van der Waals surface area contributed by atoms with E-state index in [-0.39, 0.29) is 17.3 Å². The number of ether oxygens (including phenoxy) is 1. The minimum atomic E-state index is -3.54. The zero-order chi connectivity index (χ0) is 22.3. The van der Waals surface area contributed by atoms with Crippen molar-refractivity contribution in [1.82, 2.24) is 9.21 Å². The first-order chi connectivity index (χ1) is 14.9. The van der Waals surface area contributed by atoms with Gasteiger partial charge in [0.05, 0.1) is 24.7 Å². The molecule has 1 aliphatic heterocycles. The summed E-state index contributed by atoms with van der Waals surface area (Å²) < 4.78 is 32.0. The van der Waals surface area contributed by atoms with E-state index in [1.165, 1.54) is 10.4 Å². The molecule has 0 radical (unpaired) electrons. The predicted molar refractivity (Wildman–Crippen MR) is 120 cm³/mol. The van der Waals surface area contributed by atoms with Crippen LogP contribution in [0, 0.1) is 19.3 Å². The Morgan fingerprint density at radius 3 is 2.39 bits per heavy atom. The minimum Gasteiger partial charge on any atom is -0.379 e. The summed E-state index contributed by atoms with van der Waals surface area (Å²) in [6, 6.07) is 14.4. The van der Waals surface area contributed by atoms with E-state index >= 15 is 0 Å². The molecule has 0 unspecified atom stereocenters. The third-order valence-electron chi connectivity index (χ3n) is 4.99. The van der Waals surface area contributed by atoms with Gasteiger partial charge in [0.1, 0.15) is 0 Å². The number of terminal acetylenes is 1. The molecule has 1 fully saturated rings. The Kier molecular flexibility index (Phi) is 7.64. The molecular formula is C24H26N2O4S. The van der Waals surface area contributed by atoms with Crippen LogP contribution in [0.3, 0.4) is 0 Å². The number of aryl methyl sites for hydroxylation is 1. The number of hydrogen-bond acceptors (Lipinski definition) is 4. The molecule has 1 aliphatic rings. The summed E-state index contributed by atoms with van der Waals surface area (Å²) in [6.45, 7) is 4.14. The van der Waals surface area contributed by atoms with E-state index in [0.717, 1.165) is 16.7 Å². The molecule has 2 aromatic rings. The van der Waals surface area contributed by atoms with Crippen LogP contribution in [0.15, 0.2) is 59.5 Å². The predicted octanol–water partition coefficient (Wildman–Crippen LogP) is 2.69. The van der Waals surface area contributed by atoms with Gasteiger partial charge in [0, 0.05) is 25.7 Å². The van der Waals surface area contributed by atoms with Crippen molar-refractivity contribution in [1.29, 1.82) is 0 Å². The second-order valence-electron chi connectivity index (χ2n) is 7.30. The van der Waals surface area contributed by atoms with Crippen LogP contribution < -0.4 is 0 Å². The van der Waals surface area contributed by atoms with Gasteiger partial charge < -0.3 is 9.64 Å². The van der Waals surface area contributed by atoms with Crippen LogP contribution in [0.5, 0.6) is 0 Å². The van der Waals surface area contributed by atoms with Crippen LogP contribution in [0.1, 0.15) is 16.7 Å². The molecule has 1 saturated heterocycles. The van der Waals surface area contributed by atoms with Crippen LogP contribution in [0.4, 0.5) is 0 Å². The van der Waals surface area contributed by atoms with Crippen molar-refractivity contribution in [3.63, 3.8) is 0 Å². The topological polar surface area (TPSA) is 66.9 Å². The second kappa shape index (κ2) is 10.4. The lowest BCUT2D eigenvalue weighted by Gasteiger charge is -2.26. The Balaban J connectivity index is 1.67. The summed E-state index contributed by atoms with van der Waals surface area (Å²) in [7, 11) is -3.54. The smallest absolute Gasteiger partial charge is 0.247 e. The molecule has 31 heavy (non-hydrogen) atoms. The fraction of sp³-hybridized carbons (Fsp3) is 0.292. The zero-order valence-corrected chi connectivity index (χ0v) is 18.3. The van der Waals surface area contributed by atoms with Gasteiger partial charge in [-0.15, -0.1) is 6.42 Å². The number of carbonyl (C=O) groups is 1. The Labute approximate surface area is 184 Å². The highest BCUT2D eigenvalue weighted by atomic mass is 32.2. The molecule has 0 N–H and O–H groups in total. The fourth-order valence-electron chi connectivity index (χ4n) is 3.20. The van der Waals surface area contributed by atoms with Gasteiger partial charge in [-0.2, -0.15) is 4.31 Å². The summed E-state index contributed by atoms with van der Waals surface area (Å²) in [4.78, 5) is 14.4. The molecule has 0 aromatic heterocycles. The summed E-state index contributed by atoms with van der Waals surface area (Å²) in [6.07, 6.45) is 8.55. The zero-order valence-electron chi connectivity index (χ0n) is 17.5. The molecule has 0 aliphatic carbocycles. The summed E-state index contributed by atoms with van der Waals surface area (Å²) in [5, 5.41) is 0. The van der Waals surface area contributed by atoms with Crippen LogP contribution in [0.2, 0.25) is 0 Å². The second-order valence-corrected chi connectivity index (χ2v) is 9.24. The normalized spacial score (nSPS) is 15.0. The Morgan fingerprint density at radius 1 is 1.13 bits per heavy atom. The van der Waals surface area contributed by atoms with Crippen LogP contribution in [0.25, 0.3) is 6.08 Å². The standard InChI is InChI=1S/C24H26N2O4S/c1-3-14-25(19-22-6-4-20(2)5-7-22)24(27)13-10-21-8-11-23(12-9-21)31(28,29)26-15-17-30-18-16-26/h1,4-13H,14-19H2,2H3/b13-10+. The third kappa shape index (κ3) is 6.05. The molecule has 1 amide bonds. The van der Waals surface area contributed by atoms with Crippen molar-refractivity contribution in [2.45, 2.75) is 18.4 Å². The first-order valence-electron chi connectivity index (χ1n) is 10.0. The molecule has 0 saturated carbocycles. The fourth-order valence-corrected chi connectivity index (χ4v) is 4.60. The summed E-state index contributed by atoms with van der Waals surface area (Å²) >= 11 is 0. The number of carbonyl (C=O) groups excluding carboxylic acids is 1. The van der Waals surface area contributed by atoms with Gasteiger partial charge in [0.15, 0.2) is 0 Å². The van der Waals surface area contributed by atoms with Gasteiger partial charge in [-0.1, -0.05) is 47.9 Å². The largest absolute Gasteiger partial charge is 0.379 e. The Bertz CT molecular complexity index is 1060. The van der Waals surface area contributed by atoms with E-state index in [1.807, 2.05) is 31.2 Å². The van der Waals surface area contributed by atoms with Crippen molar-refractivity contribution < 1.29 is 17.9 Å². The van der Waals surface area contributed by atoms with Gasteiger partial charge in [0.25, 0.3) is 0 Å². The summed E-state index contributed by atoms with van der Waals surface area (Å²) in [5.74, 6) is 2.32. The molecule has 0 atom stereocenters. The van der Waals surface area contributed by atoms with Gasteiger partial charge in [0.2, 0.25) is 15.9 Å². The van der Waals surface area contributed by atoms with E-state index in [4.69, 9.17) is 11.2 Å². The van der Waals surface area contributed by atoms with Crippen molar-refractivity contribution in [3.8, 4) is 12.3 Å². The SMILES string of the molecule is C#CCN(Cc1ccc(C)cc1)C(=O)/C=C/c1ccc(S(=O)(=O)N2CCOCC2)cc1. The van der Waals surface area contributed by atoms with Gasteiger partial charge >= 0.3 is 0 Å². The van der Waals surface area contributed by atoms with E-state index in [9.17, 15) is 13.2 Å². The number of sulfonamides is 1. The van der Waals surface area contributed by atoms with Crippen molar-refractivity contribution in [2.24, 2.45) is 0 Å². The molecule has 7 heteroatoms. The monoisotopic (exact) mass is 438 g/mol. The van der Waals surface area contributed by atoms with Crippen molar-refractivity contribution in [3.05, 3.63) is 71.3 Å². The molecule has 0 spiro atoms. The molecular weight excluding hydrogens is 412 g/mol. The van der Waals surface area contributed by atoms with Gasteiger partial charge in [-0.05, 0) is 36.3 Å². The average Bonchev–Trinajstić information content (AvgIpc) is 2.79. The molecule has 0 bridgehead atoms. The van der Waals surface area contributed by atoms with E-state index in [1.54, 1.807) is 35.2 Å². The first-order valence-corrected chi connectivity index (χ1v) is 11.5. The molecule has 3 rings (SSSR count). The average molecular weight is 439 g/mol. The van der Waals surface area contributed by atoms with Crippen molar-refractivity contribution >= 4 is 22.0 Å². The van der Waals surface area contributed by atoms with Gasteiger partial charge in [-0.25, -0.2) is 8.42 Å². The van der Waals surface area contributed by atoms with Gasteiger partial charge in [-0.3, -0.25) is 4.79 Å². The lowest BCUT2D eigenvalue weighted by Crippen LogP contribution is -2.40. The lowest BCUT2D eigenvalue weighted by molar-refractivity contribution is -0.125. The van der Waals surface area contributed by atoms with E-state index in [0.29, 0.717) is 32.8 Å². The number of hydrogen-bond donors (Lipinski definition) is 0. The number of morpholine rings is 1. The van der Waals surface area contributed by atoms with Crippen molar-refractivity contribution in [2.75, 3.05) is 32.8 Å². The Morgan fingerprint density at radius 2 is 1.77 bits per heavy atom. The van der Waals surface area contributed by atoms with Crippen LogP contribution in [-0.2, 0) is 26.1 Å². The summed E-state index contributed by atoms with van der Waals surface area (Å²) in [5.41, 5.74) is 2.88. The van der Waals surface area contributed by atoms with Crippen LogP contribution in [-0.4, -0.2) is 56.4 Å². The highest BCUT2D eigenvalue weighted by molar-refractivity contribution is 7.89. The third-order valence-corrected chi connectivity index (χ3v) is 6.91. The van der Waals surface area contributed by atoms with Crippen LogP contribution >= 0.6 is 0 Å². The van der Waals surface area contributed by atoms with E-state index < -0.39 is 10.0 Å². The number of nitrogens with zero attached hydrogens (tertiary/aromatic N) is 2. The minimum absolute atomic E-state index is 0.202. The molecule has 1 heterocycles. The highest BCUT2D eigenvalue weighted by Crippen LogP contribution is 2.18. The quantitative estimate of drug-likeness (QED) is 0.493. The number of benzene rings is 2. The Hall–Kier alpha value is -2.92. The number of amides is 1. The maximum absolute atomic E-state index is 12.7. The molecule has 162 valence electrons. The number of rotatable bonds is 7. The molecule has 6 nitrogen and oxygen atoms in total. The first kappa shape index (κ1) is 22.8. The maximum atomic E-state index is 12.7. The maximum Gasteiger partial charge on any atom is 0.247 e. The lowest BCUT2D eigenvalue weighted by atomic mass is 10.1. The van der Waals surface area contributed by atoms with E-state index in [2.05, 4.69) is 5.92 Å². The molecule has 2 aromatic carbocycles. The highest BCUT2D eigenvalue weighted by Gasteiger charge is 2.25.